The van der Waals surface area contributed by atoms with Crippen molar-refractivity contribution in [1.29, 1.82) is 0 Å². The van der Waals surface area contributed by atoms with Crippen molar-refractivity contribution >= 4 is 28.3 Å². The van der Waals surface area contributed by atoms with Gasteiger partial charge in [-0.1, -0.05) is 0 Å². The van der Waals surface area contributed by atoms with E-state index in [1.54, 1.807) is 14.2 Å². The van der Waals surface area contributed by atoms with Gasteiger partial charge in [-0.05, 0) is 40.9 Å². The molecular weight excluding hydrogens is 321 g/mol. The predicted molar refractivity (Wildman–Crippen MR) is 77.7 cm³/mol. The second-order valence-electron chi connectivity index (χ2n) is 3.70. The third kappa shape index (κ3) is 4.31. The first-order valence-electron chi connectivity index (χ1n) is 5.41. The fraction of sp³-hybridized carbons (Fsp3) is 0.500. The zero-order valence-electron chi connectivity index (χ0n) is 10.5. The van der Waals surface area contributed by atoms with Gasteiger partial charge in [0.2, 0.25) is 0 Å². The molecule has 0 aliphatic heterocycles. The van der Waals surface area contributed by atoms with E-state index in [-0.39, 0.29) is 25.1 Å². The molecule has 0 saturated carbocycles. The van der Waals surface area contributed by atoms with E-state index in [1.165, 1.54) is 0 Å². The summed E-state index contributed by atoms with van der Waals surface area (Å²) in [6.07, 6.45) is 1.38. The Bertz CT molecular complexity index is 377. The summed E-state index contributed by atoms with van der Waals surface area (Å²) < 4.78 is 11.4. The Morgan fingerprint density at radius 3 is 2.39 bits per heavy atom. The highest BCUT2D eigenvalue weighted by atomic mass is 79.9. The fourth-order valence-corrected chi connectivity index (χ4v) is 2.12. The summed E-state index contributed by atoms with van der Waals surface area (Å²) in [5.41, 5.74) is 6.96. The molecule has 6 heteroatoms. The summed E-state index contributed by atoms with van der Waals surface area (Å²) in [5, 5.41) is 8.81. The average molecular weight is 341 g/mol. The number of nitrogens with two attached hydrogens (primary N) is 1. The number of hydrogen-bond donors (Lipinski definition) is 2. The minimum atomic E-state index is -0.168. The van der Waals surface area contributed by atoms with Crippen LogP contribution >= 0.6 is 28.3 Å². The molecule has 3 N–H and O–H groups in total. The molecule has 4 nitrogen and oxygen atoms in total. The molecule has 1 aromatic carbocycles. The van der Waals surface area contributed by atoms with Crippen molar-refractivity contribution in [3.8, 4) is 11.5 Å². The van der Waals surface area contributed by atoms with Crippen molar-refractivity contribution in [3.63, 3.8) is 0 Å². The molecule has 1 atom stereocenters. The SMILES string of the molecule is COc1cc([C@H](N)CCCO)c(OC)cc1Br.Cl. The van der Waals surface area contributed by atoms with E-state index in [9.17, 15) is 0 Å². The quantitative estimate of drug-likeness (QED) is 0.835. The molecule has 0 radical (unpaired) electrons. The molecule has 0 bridgehead atoms. The Hall–Kier alpha value is -0.490. The monoisotopic (exact) mass is 339 g/mol. The van der Waals surface area contributed by atoms with E-state index in [1.807, 2.05) is 12.1 Å². The molecule has 0 heterocycles. The van der Waals surface area contributed by atoms with Crippen molar-refractivity contribution in [3.05, 3.63) is 22.2 Å². The first-order chi connectivity index (χ1) is 8.13. The molecule has 0 unspecified atom stereocenters. The van der Waals surface area contributed by atoms with Gasteiger partial charge < -0.3 is 20.3 Å². The van der Waals surface area contributed by atoms with Crippen molar-refractivity contribution in [1.82, 2.24) is 0 Å². The Morgan fingerprint density at radius 2 is 1.89 bits per heavy atom. The fourth-order valence-electron chi connectivity index (χ4n) is 1.64. The number of benzene rings is 1. The Morgan fingerprint density at radius 1 is 1.28 bits per heavy atom. The van der Waals surface area contributed by atoms with Crippen LogP contribution in [0.4, 0.5) is 0 Å². The summed E-state index contributed by atoms with van der Waals surface area (Å²) in [6.45, 7) is 0.143. The van der Waals surface area contributed by atoms with Gasteiger partial charge in [0.25, 0.3) is 0 Å². The molecule has 0 saturated heterocycles. The summed E-state index contributed by atoms with van der Waals surface area (Å²) in [7, 11) is 3.21. The second-order valence-corrected chi connectivity index (χ2v) is 4.56. The van der Waals surface area contributed by atoms with Crippen LogP contribution in [0.5, 0.6) is 11.5 Å². The minimum Gasteiger partial charge on any atom is -0.496 e. The number of ether oxygens (including phenoxy) is 2. The molecule has 104 valence electrons. The van der Waals surface area contributed by atoms with Gasteiger partial charge in [-0.2, -0.15) is 0 Å². The molecule has 0 amide bonds. The first-order valence-corrected chi connectivity index (χ1v) is 6.21. The maximum absolute atomic E-state index is 8.81. The Kier molecular flexibility index (Phi) is 8.35. The number of rotatable bonds is 6. The second kappa shape index (κ2) is 8.58. The molecular formula is C12H19BrClNO3. The summed E-state index contributed by atoms with van der Waals surface area (Å²) in [5.74, 6) is 1.45. The zero-order chi connectivity index (χ0) is 12.8. The Labute approximate surface area is 122 Å². The van der Waals surface area contributed by atoms with Crippen LogP contribution in [0.2, 0.25) is 0 Å². The molecule has 1 aromatic rings. The highest BCUT2D eigenvalue weighted by Crippen LogP contribution is 2.36. The van der Waals surface area contributed by atoms with Crippen molar-refractivity contribution < 1.29 is 14.6 Å². The maximum Gasteiger partial charge on any atom is 0.133 e. The highest BCUT2D eigenvalue weighted by Gasteiger charge is 2.15. The first kappa shape index (κ1) is 17.5. The third-order valence-corrected chi connectivity index (χ3v) is 3.20. The van der Waals surface area contributed by atoms with E-state index in [0.717, 1.165) is 21.5 Å². The van der Waals surface area contributed by atoms with Crippen molar-refractivity contribution in [2.24, 2.45) is 5.73 Å². The summed E-state index contributed by atoms with van der Waals surface area (Å²) >= 11 is 3.40. The van der Waals surface area contributed by atoms with Crippen LogP contribution in [-0.4, -0.2) is 25.9 Å². The van der Waals surface area contributed by atoms with Crippen LogP contribution in [0.25, 0.3) is 0 Å². The van der Waals surface area contributed by atoms with E-state index >= 15 is 0 Å². The lowest BCUT2D eigenvalue weighted by molar-refractivity contribution is 0.279. The van der Waals surface area contributed by atoms with Gasteiger partial charge in [0.05, 0.1) is 18.7 Å². The molecule has 0 spiro atoms. The van der Waals surface area contributed by atoms with Crippen LogP contribution in [0.3, 0.4) is 0 Å². The van der Waals surface area contributed by atoms with Crippen LogP contribution in [-0.2, 0) is 0 Å². The van der Waals surface area contributed by atoms with Gasteiger partial charge >= 0.3 is 0 Å². The van der Waals surface area contributed by atoms with Gasteiger partial charge in [0.1, 0.15) is 11.5 Å². The lowest BCUT2D eigenvalue weighted by Crippen LogP contribution is -2.12. The van der Waals surface area contributed by atoms with Gasteiger partial charge in [-0.15, -0.1) is 12.4 Å². The standard InChI is InChI=1S/C12H18BrNO3.ClH/c1-16-11-7-9(13)12(17-2)6-8(11)10(14)4-3-5-15;/h6-7,10,15H,3-5,14H2,1-2H3;1H/t10-;/m1./s1. The molecule has 0 aromatic heterocycles. The van der Waals surface area contributed by atoms with Crippen LogP contribution in [0.1, 0.15) is 24.4 Å². The number of aliphatic hydroxyl groups excluding tert-OH is 1. The normalized spacial score (nSPS) is 11.6. The Balaban J connectivity index is 0.00000289. The molecule has 0 fully saturated rings. The van der Waals surface area contributed by atoms with Crippen LogP contribution in [0.15, 0.2) is 16.6 Å². The number of methoxy groups -OCH3 is 2. The highest BCUT2D eigenvalue weighted by molar-refractivity contribution is 9.10. The van der Waals surface area contributed by atoms with Gasteiger partial charge in [0, 0.05) is 18.2 Å². The predicted octanol–water partition coefficient (Wildman–Crippen LogP) is 2.66. The van der Waals surface area contributed by atoms with Gasteiger partial charge in [0.15, 0.2) is 0 Å². The van der Waals surface area contributed by atoms with Crippen molar-refractivity contribution in [2.45, 2.75) is 18.9 Å². The van der Waals surface area contributed by atoms with E-state index < -0.39 is 0 Å². The molecule has 18 heavy (non-hydrogen) atoms. The molecule has 0 aliphatic rings. The van der Waals surface area contributed by atoms with Gasteiger partial charge in [-0.3, -0.25) is 0 Å². The molecule has 1 rings (SSSR count). The van der Waals surface area contributed by atoms with Crippen molar-refractivity contribution in [2.75, 3.05) is 20.8 Å². The summed E-state index contributed by atoms with van der Waals surface area (Å²) in [4.78, 5) is 0. The van der Waals surface area contributed by atoms with E-state index in [2.05, 4.69) is 15.9 Å². The third-order valence-electron chi connectivity index (χ3n) is 2.58. The lowest BCUT2D eigenvalue weighted by Gasteiger charge is -2.17. The smallest absolute Gasteiger partial charge is 0.133 e. The van der Waals surface area contributed by atoms with Crippen LogP contribution in [0, 0.1) is 0 Å². The maximum atomic E-state index is 8.81. The topological polar surface area (TPSA) is 64.7 Å². The zero-order valence-corrected chi connectivity index (χ0v) is 12.9. The average Bonchev–Trinajstić information content (AvgIpc) is 2.35. The number of aliphatic hydroxyl groups is 1. The minimum absolute atomic E-state index is 0. The van der Waals surface area contributed by atoms with E-state index in [4.69, 9.17) is 20.3 Å². The number of hydrogen-bond acceptors (Lipinski definition) is 4. The van der Waals surface area contributed by atoms with Gasteiger partial charge in [-0.25, -0.2) is 0 Å². The molecule has 0 aliphatic carbocycles. The lowest BCUT2D eigenvalue weighted by atomic mass is 10.0. The van der Waals surface area contributed by atoms with Crippen LogP contribution < -0.4 is 15.2 Å². The largest absolute Gasteiger partial charge is 0.496 e. The van der Waals surface area contributed by atoms with E-state index in [0.29, 0.717) is 12.8 Å². The summed E-state index contributed by atoms with van der Waals surface area (Å²) in [6, 6.07) is 3.54. The number of halogens is 2.